The Labute approximate surface area is 222 Å². The second-order valence-corrected chi connectivity index (χ2v) is 9.27. The Bertz CT molecular complexity index is 1280. The number of ether oxygens (including phenoxy) is 4. The topological polar surface area (TPSA) is 100 Å². The van der Waals surface area contributed by atoms with Crippen molar-refractivity contribution < 1.29 is 33.3 Å². The molecule has 200 valence electrons. The van der Waals surface area contributed by atoms with Crippen LogP contribution in [0.3, 0.4) is 0 Å². The Hall–Kier alpha value is -3.94. The van der Waals surface area contributed by atoms with E-state index >= 15 is 0 Å². The predicted molar refractivity (Wildman–Crippen MR) is 141 cm³/mol. The monoisotopic (exact) mass is 519 g/mol. The van der Waals surface area contributed by atoms with Gasteiger partial charge >= 0.3 is 11.9 Å². The number of esters is 2. The standard InChI is InChI=1S/C30H33NO7/c1-6-37-29(33)24-17(3)31-23-16-22(19-9-8-10-21(15-19)36-5)26(30(34)38-7-2)28(32)27(23)25(24)18-11-13-20(35-4)14-12-18/h8-15,22,25-27H,6-7,16H2,1-5H3/t22-,25+,26+,27?/m0/s1. The summed E-state index contributed by atoms with van der Waals surface area (Å²) in [6, 6.07) is 14.6. The number of methoxy groups -OCH3 is 2. The molecule has 1 unspecified atom stereocenters. The van der Waals surface area contributed by atoms with Crippen LogP contribution in [-0.4, -0.2) is 50.9 Å². The van der Waals surface area contributed by atoms with E-state index in [-0.39, 0.29) is 19.0 Å². The van der Waals surface area contributed by atoms with E-state index in [9.17, 15) is 14.4 Å². The van der Waals surface area contributed by atoms with Crippen molar-refractivity contribution in [1.82, 2.24) is 0 Å². The summed E-state index contributed by atoms with van der Waals surface area (Å²) in [5.74, 6) is -3.18. The van der Waals surface area contributed by atoms with Gasteiger partial charge in [-0.05, 0) is 62.6 Å². The number of benzene rings is 2. The highest BCUT2D eigenvalue weighted by Crippen LogP contribution is 2.48. The molecular weight excluding hydrogens is 486 g/mol. The van der Waals surface area contributed by atoms with Crippen molar-refractivity contribution in [3.8, 4) is 11.5 Å². The Morgan fingerprint density at radius 2 is 1.58 bits per heavy atom. The van der Waals surface area contributed by atoms with E-state index in [4.69, 9.17) is 23.9 Å². The van der Waals surface area contributed by atoms with Crippen molar-refractivity contribution in [2.24, 2.45) is 16.8 Å². The lowest BCUT2D eigenvalue weighted by Gasteiger charge is -2.41. The van der Waals surface area contributed by atoms with Crippen molar-refractivity contribution in [3.63, 3.8) is 0 Å². The van der Waals surface area contributed by atoms with Crippen molar-refractivity contribution in [2.45, 2.75) is 39.0 Å². The minimum Gasteiger partial charge on any atom is -0.497 e. The highest BCUT2D eigenvalue weighted by Gasteiger charge is 2.53. The summed E-state index contributed by atoms with van der Waals surface area (Å²) in [5.41, 5.74) is 2.98. The van der Waals surface area contributed by atoms with Crippen LogP contribution in [0.4, 0.5) is 0 Å². The molecule has 1 heterocycles. The average molecular weight is 520 g/mol. The van der Waals surface area contributed by atoms with Gasteiger partial charge in [0.05, 0.1) is 38.9 Å². The molecule has 0 radical (unpaired) electrons. The van der Waals surface area contributed by atoms with Crippen LogP contribution in [-0.2, 0) is 23.9 Å². The zero-order valence-corrected chi connectivity index (χ0v) is 22.4. The van der Waals surface area contributed by atoms with E-state index in [1.165, 1.54) is 0 Å². The second kappa shape index (κ2) is 11.6. The van der Waals surface area contributed by atoms with Crippen LogP contribution in [0.1, 0.15) is 50.2 Å². The Kier molecular flexibility index (Phi) is 8.29. The second-order valence-electron chi connectivity index (χ2n) is 9.27. The van der Waals surface area contributed by atoms with Gasteiger partial charge in [-0.3, -0.25) is 14.6 Å². The van der Waals surface area contributed by atoms with Gasteiger partial charge in [0.25, 0.3) is 0 Å². The van der Waals surface area contributed by atoms with Crippen LogP contribution < -0.4 is 9.47 Å². The number of fused-ring (bicyclic) bond motifs is 1. The fourth-order valence-corrected chi connectivity index (χ4v) is 5.51. The lowest BCUT2D eigenvalue weighted by molar-refractivity contribution is -0.153. The maximum Gasteiger partial charge on any atom is 0.336 e. The Morgan fingerprint density at radius 1 is 0.895 bits per heavy atom. The number of allylic oxidation sites excluding steroid dienone is 1. The summed E-state index contributed by atoms with van der Waals surface area (Å²) in [7, 11) is 3.14. The summed E-state index contributed by atoms with van der Waals surface area (Å²) >= 11 is 0. The lowest BCUT2D eigenvalue weighted by atomic mass is 9.62. The molecule has 1 aliphatic carbocycles. The predicted octanol–water partition coefficient (Wildman–Crippen LogP) is 4.63. The summed E-state index contributed by atoms with van der Waals surface area (Å²) in [6.45, 7) is 5.53. The van der Waals surface area contributed by atoms with Crippen LogP contribution in [0, 0.1) is 11.8 Å². The number of carbonyl (C=O) groups is 3. The molecule has 1 aliphatic heterocycles. The van der Waals surface area contributed by atoms with E-state index < -0.39 is 35.6 Å². The van der Waals surface area contributed by atoms with E-state index in [0.29, 0.717) is 34.9 Å². The molecule has 4 atom stereocenters. The Morgan fingerprint density at radius 3 is 2.21 bits per heavy atom. The number of Topliss-reactive ketones (excluding diaryl/α,β-unsaturated/α-hetero) is 1. The number of nitrogens with zero attached hydrogens (tertiary/aromatic N) is 1. The first-order valence-electron chi connectivity index (χ1n) is 12.8. The number of hydrogen-bond acceptors (Lipinski definition) is 8. The largest absolute Gasteiger partial charge is 0.497 e. The van der Waals surface area contributed by atoms with E-state index in [2.05, 4.69) is 0 Å². The molecule has 0 bridgehead atoms. The molecule has 0 saturated heterocycles. The van der Waals surface area contributed by atoms with E-state index in [1.54, 1.807) is 47.1 Å². The third-order valence-corrected chi connectivity index (χ3v) is 7.18. The number of aliphatic imine (C=N–C) groups is 1. The minimum atomic E-state index is -1.06. The average Bonchev–Trinajstić information content (AvgIpc) is 2.92. The van der Waals surface area contributed by atoms with Crippen molar-refractivity contribution in [2.75, 3.05) is 27.4 Å². The van der Waals surface area contributed by atoms with Gasteiger partial charge in [0.2, 0.25) is 0 Å². The van der Waals surface area contributed by atoms with E-state index in [0.717, 1.165) is 11.1 Å². The zero-order chi connectivity index (χ0) is 27.4. The molecule has 8 nitrogen and oxygen atoms in total. The summed E-state index contributed by atoms with van der Waals surface area (Å²) < 4.78 is 21.5. The van der Waals surface area contributed by atoms with Crippen molar-refractivity contribution in [1.29, 1.82) is 0 Å². The molecule has 1 fully saturated rings. The van der Waals surface area contributed by atoms with Gasteiger partial charge in [-0.2, -0.15) is 0 Å². The molecule has 8 heteroatoms. The molecule has 38 heavy (non-hydrogen) atoms. The van der Waals surface area contributed by atoms with Crippen LogP contribution in [0.2, 0.25) is 0 Å². The maximum atomic E-state index is 14.3. The number of ketones is 1. The maximum absolute atomic E-state index is 14.3. The third kappa shape index (κ3) is 5.08. The molecular formula is C30H33NO7. The molecule has 0 N–H and O–H groups in total. The van der Waals surface area contributed by atoms with Crippen molar-refractivity contribution >= 4 is 23.4 Å². The first-order valence-corrected chi connectivity index (χ1v) is 12.8. The minimum absolute atomic E-state index is 0.147. The van der Waals surface area contributed by atoms with Gasteiger partial charge in [-0.15, -0.1) is 0 Å². The molecule has 0 amide bonds. The molecule has 4 rings (SSSR count). The molecule has 2 aliphatic rings. The number of hydrogen-bond donors (Lipinski definition) is 0. The van der Waals surface area contributed by atoms with Crippen LogP contribution >= 0.6 is 0 Å². The smallest absolute Gasteiger partial charge is 0.336 e. The highest BCUT2D eigenvalue weighted by atomic mass is 16.5. The SMILES string of the molecule is CCOC(=O)C1=C(C)N=C2C[C@@H](c3cccc(OC)c3)[C@@H](C(=O)OCC)C(=O)C2[C@@H]1c1ccc(OC)cc1. The first kappa shape index (κ1) is 27.1. The summed E-state index contributed by atoms with van der Waals surface area (Å²) in [5, 5.41) is 0. The summed E-state index contributed by atoms with van der Waals surface area (Å²) in [6.07, 6.45) is 0.354. The van der Waals surface area contributed by atoms with Crippen molar-refractivity contribution in [3.05, 3.63) is 70.9 Å². The van der Waals surface area contributed by atoms with Gasteiger partial charge in [-0.1, -0.05) is 24.3 Å². The fraction of sp³-hybridized carbons (Fsp3) is 0.400. The highest BCUT2D eigenvalue weighted by molar-refractivity contribution is 6.17. The van der Waals surface area contributed by atoms with E-state index in [1.807, 2.05) is 36.4 Å². The first-order chi connectivity index (χ1) is 18.3. The summed E-state index contributed by atoms with van der Waals surface area (Å²) in [4.78, 5) is 45.6. The lowest BCUT2D eigenvalue weighted by Crippen LogP contribution is -2.48. The molecule has 2 aromatic carbocycles. The molecule has 0 spiro atoms. The van der Waals surface area contributed by atoms with Gasteiger partial charge in [0.1, 0.15) is 17.4 Å². The van der Waals surface area contributed by atoms with Gasteiger partial charge < -0.3 is 18.9 Å². The van der Waals surface area contributed by atoms with Gasteiger partial charge in [0, 0.05) is 23.2 Å². The number of rotatable bonds is 8. The molecule has 0 aromatic heterocycles. The van der Waals surface area contributed by atoms with Gasteiger partial charge in [0.15, 0.2) is 5.78 Å². The molecule has 2 aromatic rings. The fourth-order valence-electron chi connectivity index (χ4n) is 5.51. The normalized spacial score (nSPS) is 22.8. The quantitative estimate of drug-likeness (QED) is 0.370. The van der Waals surface area contributed by atoms with Gasteiger partial charge in [-0.25, -0.2) is 4.79 Å². The van der Waals surface area contributed by atoms with Crippen LogP contribution in [0.5, 0.6) is 11.5 Å². The van der Waals surface area contributed by atoms with Crippen LogP contribution in [0.25, 0.3) is 0 Å². The third-order valence-electron chi connectivity index (χ3n) is 7.18. The number of carbonyl (C=O) groups excluding carboxylic acids is 3. The Balaban J connectivity index is 1.88. The zero-order valence-electron chi connectivity index (χ0n) is 22.4. The van der Waals surface area contributed by atoms with Crippen LogP contribution in [0.15, 0.2) is 64.8 Å². The molecule has 1 saturated carbocycles.